The number of piperazine rings is 1. The van der Waals surface area contributed by atoms with Crippen LogP contribution in [0.5, 0.6) is 0 Å². The summed E-state index contributed by atoms with van der Waals surface area (Å²) in [4.78, 5) is 18.4. The number of nitrogens with one attached hydrogen (secondary N) is 3. The normalized spacial score (nSPS) is 14.4. The van der Waals surface area contributed by atoms with Gasteiger partial charge in [0.25, 0.3) is 6.43 Å². The SMILES string of the molecule is Cl.FC(F)c1cc(-c2ccc3nc(Nc4cc(CN5CCNCC5)ccn4)[nH]c3c2)ccn1. The second-order valence-corrected chi connectivity index (χ2v) is 7.79. The van der Waals surface area contributed by atoms with E-state index < -0.39 is 6.43 Å². The molecule has 3 aromatic heterocycles. The van der Waals surface area contributed by atoms with Gasteiger partial charge in [-0.05, 0) is 53.1 Å². The van der Waals surface area contributed by atoms with E-state index in [0.29, 0.717) is 17.3 Å². The molecule has 0 bridgehead atoms. The highest BCUT2D eigenvalue weighted by molar-refractivity contribution is 5.85. The molecule has 1 fully saturated rings. The van der Waals surface area contributed by atoms with Crippen molar-refractivity contribution in [2.45, 2.75) is 13.0 Å². The van der Waals surface area contributed by atoms with Crippen molar-refractivity contribution in [3.05, 3.63) is 66.1 Å². The number of anilines is 2. The maximum absolute atomic E-state index is 13.0. The van der Waals surface area contributed by atoms with Crippen LogP contribution in [0.25, 0.3) is 22.2 Å². The van der Waals surface area contributed by atoms with Gasteiger partial charge in [0, 0.05) is 45.1 Å². The Balaban J connectivity index is 0.00000259. The Morgan fingerprint density at radius 2 is 1.76 bits per heavy atom. The van der Waals surface area contributed by atoms with E-state index in [1.165, 1.54) is 17.8 Å². The van der Waals surface area contributed by atoms with Gasteiger partial charge in [0.1, 0.15) is 11.5 Å². The van der Waals surface area contributed by atoms with E-state index in [4.69, 9.17) is 0 Å². The number of alkyl halides is 2. The van der Waals surface area contributed by atoms with Gasteiger partial charge in [0.15, 0.2) is 0 Å². The van der Waals surface area contributed by atoms with Gasteiger partial charge in [-0.3, -0.25) is 9.88 Å². The summed E-state index contributed by atoms with van der Waals surface area (Å²) < 4.78 is 26.0. The number of hydrogen-bond acceptors (Lipinski definition) is 6. The summed E-state index contributed by atoms with van der Waals surface area (Å²) in [6.45, 7) is 4.98. The first-order valence-corrected chi connectivity index (χ1v) is 10.5. The molecule has 5 rings (SSSR count). The van der Waals surface area contributed by atoms with Crippen molar-refractivity contribution < 1.29 is 8.78 Å². The molecule has 1 aliphatic heterocycles. The monoisotopic (exact) mass is 471 g/mol. The Labute approximate surface area is 196 Å². The number of H-pyrrole nitrogens is 1. The highest BCUT2D eigenvalue weighted by Gasteiger charge is 2.12. The van der Waals surface area contributed by atoms with Crippen molar-refractivity contribution in [2.75, 3.05) is 31.5 Å². The number of nitrogens with zero attached hydrogens (tertiary/aromatic N) is 4. The Hall–Kier alpha value is -3.14. The van der Waals surface area contributed by atoms with Crippen LogP contribution in [0.2, 0.25) is 0 Å². The minimum absolute atomic E-state index is 0. The van der Waals surface area contributed by atoms with Crippen LogP contribution in [0.1, 0.15) is 17.7 Å². The summed E-state index contributed by atoms with van der Waals surface area (Å²) in [5, 5.41) is 6.60. The molecular formula is C23H24ClF2N7. The highest BCUT2D eigenvalue weighted by Crippen LogP contribution is 2.27. The molecule has 0 atom stereocenters. The molecule has 0 unspecified atom stereocenters. The molecule has 172 valence electrons. The van der Waals surface area contributed by atoms with E-state index in [2.05, 4.69) is 35.5 Å². The maximum Gasteiger partial charge on any atom is 0.280 e. The first-order valence-electron chi connectivity index (χ1n) is 10.5. The molecule has 0 amide bonds. The zero-order valence-electron chi connectivity index (χ0n) is 17.8. The molecule has 3 N–H and O–H groups in total. The summed E-state index contributed by atoms with van der Waals surface area (Å²) in [6.07, 6.45) is 0.599. The number of aromatic amines is 1. The van der Waals surface area contributed by atoms with Crippen molar-refractivity contribution in [2.24, 2.45) is 0 Å². The van der Waals surface area contributed by atoms with Crippen LogP contribution < -0.4 is 10.6 Å². The predicted octanol–water partition coefficient (Wildman–Crippen LogP) is 4.53. The highest BCUT2D eigenvalue weighted by atomic mass is 35.5. The molecule has 7 nitrogen and oxygen atoms in total. The van der Waals surface area contributed by atoms with Gasteiger partial charge in [-0.1, -0.05) is 6.07 Å². The molecule has 1 saturated heterocycles. The smallest absolute Gasteiger partial charge is 0.280 e. The Morgan fingerprint density at radius 3 is 2.58 bits per heavy atom. The molecule has 0 saturated carbocycles. The van der Waals surface area contributed by atoms with E-state index in [1.54, 1.807) is 12.3 Å². The van der Waals surface area contributed by atoms with Gasteiger partial charge in [-0.25, -0.2) is 18.7 Å². The van der Waals surface area contributed by atoms with Crippen LogP contribution in [0.15, 0.2) is 54.9 Å². The van der Waals surface area contributed by atoms with Crippen LogP contribution in [0.3, 0.4) is 0 Å². The first-order chi connectivity index (χ1) is 15.6. The Morgan fingerprint density at radius 1 is 0.970 bits per heavy atom. The van der Waals surface area contributed by atoms with Crippen LogP contribution in [-0.2, 0) is 6.54 Å². The van der Waals surface area contributed by atoms with Gasteiger partial charge in [-0.15, -0.1) is 12.4 Å². The van der Waals surface area contributed by atoms with Gasteiger partial charge in [0.2, 0.25) is 5.95 Å². The summed E-state index contributed by atoms with van der Waals surface area (Å²) in [5.74, 6) is 1.29. The van der Waals surface area contributed by atoms with Crippen LogP contribution >= 0.6 is 12.4 Å². The molecule has 4 heterocycles. The number of benzene rings is 1. The zero-order valence-corrected chi connectivity index (χ0v) is 18.6. The minimum atomic E-state index is -2.60. The van der Waals surface area contributed by atoms with Crippen molar-refractivity contribution in [3.63, 3.8) is 0 Å². The van der Waals surface area contributed by atoms with Crippen molar-refractivity contribution in [1.82, 2.24) is 30.2 Å². The molecule has 10 heteroatoms. The lowest BCUT2D eigenvalue weighted by molar-refractivity contribution is 0.146. The number of pyridine rings is 2. The average molecular weight is 472 g/mol. The standard InChI is InChI=1S/C23H23F2N7.ClH/c24-22(25)20-13-17(4-6-27-20)16-1-2-18-19(12-16)30-23(29-18)31-21-11-15(3-5-28-21)14-32-9-7-26-8-10-32;/h1-6,11-13,22,26H,7-10,14H2,(H2,28,29,30,31);1H. The quantitative estimate of drug-likeness (QED) is 0.383. The fraction of sp³-hybridized carbons (Fsp3) is 0.261. The molecule has 33 heavy (non-hydrogen) atoms. The minimum Gasteiger partial charge on any atom is -0.324 e. The number of hydrogen-bond donors (Lipinski definition) is 3. The first kappa shape index (κ1) is 23.0. The van der Waals surface area contributed by atoms with Gasteiger partial charge in [-0.2, -0.15) is 0 Å². The van der Waals surface area contributed by atoms with E-state index in [0.717, 1.165) is 49.3 Å². The molecule has 0 aliphatic carbocycles. The van der Waals surface area contributed by atoms with Crippen LogP contribution in [-0.4, -0.2) is 51.0 Å². The second kappa shape index (κ2) is 10.2. The maximum atomic E-state index is 13.0. The molecule has 0 radical (unpaired) electrons. The molecular weight excluding hydrogens is 448 g/mol. The lowest BCUT2D eigenvalue weighted by Crippen LogP contribution is -2.42. The Kier molecular flexibility index (Phi) is 7.12. The van der Waals surface area contributed by atoms with Gasteiger partial charge < -0.3 is 15.6 Å². The predicted molar refractivity (Wildman–Crippen MR) is 127 cm³/mol. The largest absolute Gasteiger partial charge is 0.324 e. The number of rotatable bonds is 6. The fourth-order valence-electron chi connectivity index (χ4n) is 3.89. The number of halogens is 3. The number of aromatic nitrogens is 4. The zero-order chi connectivity index (χ0) is 21.9. The lowest BCUT2D eigenvalue weighted by atomic mass is 10.1. The molecule has 0 spiro atoms. The number of fused-ring (bicyclic) bond motifs is 1. The summed E-state index contributed by atoms with van der Waals surface area (Å²) in [7, 11) is 0. The molecule has 1 aromatic carbocycles. The van der Waals surface area contributed by atoms with Crippen molar-refractivity contribution in [3.8, 4) is 11.1 Å². The molecule has 4 aromatic rings. The third-order valence-corrected chi connectivity index (χ3v) is 5.51. The summed E-state index contributed by atoms with van der Waals surface area (Å²) >= 11 is 0. The van der Waals surface area contributed by atoms with E-state index >= 15 is 0 Å². The Bertz CT molecular complexity index is 1220. The summed E-state index contributed by atoms with van der Waals surface area (Å²) in [5.41, 5.74) is 4.03. The van der Waals surface area contributed by atoms with E-state index in [1.807, 2.05) is 30.3 Å². The molecule has 1 aliphatic rings. The van der Waals surface area contributed by atoms with Crippen molar-refractivity contribution in [1.29, 1.82) is 0 Å². The van der Waals surface area contributed by atoms with Crippen molar-refractivity contribution >= 4 is 35.2 Å². The topological polar surface area (TPSA) is 81.8 Å². The third-order valence-electron chi connectivity index (χ3n) is 5.51. The fourth-order valence-corrected chi connectivity index (χ4v) is 3.89. The second-order valence-electron chi connectivity index (χ2n) is 7.79. The van der Waals surface area contributed by atoms with E-state index in [-0.39, 0.29) is 18.1 Å². The average Bonchev–Trinajstić information content (AvgIpc) is 3.21. The lowest BCUT2D eigenvalue weighted by Gasteiger charge is -2.27. The number of imidazole rings is 1. The van der Waals surface area contributed by atoms with E-state index in [9.17, 15) is 8.78 Å². The van der Waals surface area contributed by atoms with Crippen LogP contribution in [0.4, 0.5) is 20.5 Å². The summed E-state index contributed by atoms with van der Waals surface area (Å²) in [6, 6.07) is 12.8. The third kappa shape index (κ3) is 5.44. The van der Waals surface area contributed by atoms with Gasteiger partial charge >= 0.3 is 0 Å². The van der Waals surface area contributed by atoms with Crippen LogP contribution in [0, 0.1) is 0 Å². The van der Waals surface area contributed by atoms with Gasteiger partial charge in [0.05, 0.1) is 11.0 Å².